The van der Waals surface area contributed by atoms with E-state index in [1.54, 1.807) is 4.90 Å². The highest BCUT2D eigenvalue weighted by atomic mass is 19.1. The zero-order valence-electron chi connectivity index (χ0n) is 14.9. The molecule has 0 heterocycles. The van der Waals surface area contributed by atoms with E-state index in [-0.39, 0.29) is 24.3 Å². The van der Waals surface area contributed by atoms with Gasteiger partial charge < -0.3 is 15.1 Å². The largest absolute Gasteiger partial charge is 0.478 e. The van der Waals surface area contributed by atoms with Crippen LogP contribution in [0.2, 0.25) is 0 Å². The Labute approximate surface area is 161 Å². The van der Waals surface area contributed by atoms with Crippen molar-refractivity contribution in [2.45, 2.75) is 13.1 Å². The van der Waals surface area contributed by atoms with Gasteiger partial charge in [-0.2, -0.15) is 0 Å². The summed E-state index contributed by atoms with van der Waals surface area (Å²) in [7, 11) is 0. The number of rotatable bonds is 7. The molecular weight excluding hydrogens is 361 g/mol. The molecule has 0 bridgehead atoms. The molecule has 0 radical (unpaired) electrons. The van der Waals surface area contributed by atoms with E-state index < -0.39 is 23.3 Å². The number of halogens is 1. The van der Waals surface area contributed by atoms with Crippen molar-refractivity contribution < 1.29 is 24.2 Å². The van der Waals surface area contributed by atoms with Crippen LogP contribution in [0.5, 0.6) is 0 Å². The molecule has 3 aromatic rings. The minimum absolute atomic E-state index is 0.0648. The van der Waals surface area contributed by atoms with Crippen molar-refractivity contribution in [2.75, 3.05) is 4.90 Å². The quantitative estimate of drug-likeness (QED) is 0.635. The molecule has 142 valence electrons. The van der Waals surface area contributed by atoms with Gasteiger partial charge in [0.25, 0.3) is 0 Å². The number of benzene rings is 3. The van der Waals surface area contributed by atoms with Crippen molar-refractivity contribution in [3.8, 4) is 0 Å². The third kappa shape index (κ3) is 4.35. The van der Waals surface area contributed by atoms with E-state index in [1.165, 1.54) is 6.07 Å². The molecule has 0 aromatic heterocycles. The number of carboxylic acids is 2. The van der Waals surface area contributed by atoms with Gasteiger partial charge in [0.2, 0.25) is 0 Å². The summed E-state index contributed by atoms with van der Waals surface area (Å²) < 4.78 is 15.0. The summed E-state index contributed by atoms with van der Waals surface area (Å²) in [6.07, 6.45) is 0. The predicted octanol–water partition coefficient (Wildman–Crippen LogP) is 4.43. The summed E-state index contributed by atoms with van der Waals surface area (Å²) in [5.41, 5.74) is 0.761. The Kier molecular flexibility index (Phi) is 5.69. The lowest BCUT2D eigenvalue weighted by Gasteiger charge is -2.26. The van der Waals surface area contributed by atoms with Gasteiger partial charge in [0.15, 0.2) is 5.82 Å². The zero-order chi connectivity index (χ0) is 20.1. The van der Waals surface area contributed by atoms with Crippen molar-refractivity contribution in [2.24, 2.45) is 0 Å². The number of aromatic carboxylic acids is 2. The maximum absolute atomic E-state index is 15.0. The van der Waals surface area contributed by atoms with Crippen LogP contribution in [0.25, 0.3) is 0 Å². The molecule has 0 amide bonds. The molecule has 0 aliphatic rings. The van der Waals surface area contributed by atoms with Crippen LogP contribution in [0.1, 0.15) is 31.8 Å². The number of hydrogen-bond donors (Lipinski definition) is 2. The second kappa shape index (κ2) is 8.35. The van der Waals surface area contributed by atoms with E-state index in [1.807, 2.05) is 60.7 Å². The van der Waals surface area contributed by atoms with Gasteiger partial charge in [0, 0.05) is 13.1 Å². The second-order valence-electron chi connectivity index (χ2n) is 6.29. The van der Waals surface area contributed by atoms with Crippen LogP contribution in [-0.2, 0) is 13.1 Å². The second-order valence-corrected chi connectivity index (χ2v) is 6.29. The zero-order valence-corrected chi connectivity index (χ0v) is 14.9. The Morgan fingerprint density at radius 2 is 1.29 bits per heavy atom. The third-order valence-corrected chi connectivity index (χ3v) is 4.30. The molecule has 0 saturated heterocycles. The number of carbonyl (C=O) groups is 2. The number of carboxylic acid groups (broad SMARTS) is 2. The predicted molar refractivity (Wildman–Crippen MR) is 103 cm³/mol. The molecule has 0 saturated carbocycles. The molecule has 0 aliphatic heterocycles. The van der Waals surface area contributed by atoms with Crippen molar-refractivity contribution in [3.63, 3.8) is 0 Å². The fourth-order valence-electron chi connectivity index (χ4n) is 2.95. The van der Waals surface area contributed by atoms with Crippen molar-refractivity contribution in [3.05, 3.63) is 101 Å². The standard InChI is InChI=1S/C22H18FNO4/c23-20-18(22(27)28)11-17(21(25)26)12-19(20)24(13-15-7-3-1-4-8-15)14-16-9-5-2-6-10-16/h1-12H,13-14H2,(H,25,26)(H,27,28). The van der Waals surface area contributed by atoms with Gasteiger partial charge in [0.1, 0.15) is 0 Å². The van der Waals surface area contributed by atoms with Crippen LogP contribution in [0.15, 0.2) is 72.8 Å². The van der Waals surface area contributed by atoms with E-state index >= 15 is 4.39 Å². The van der Waals surface area contributed by atoms with E-state index in [9.17, 15) is 19.8 Å². The summed E-state index contributed by atoms with van der Waals surface area (Å²) in [6, 6.07) is 20.6. The molecule has 0 atom stereocenters. The first-order chi connectivity index (χ1) is 13.5. The van der Waals surface area contributed by atoms with Gasteiger partial charge in [-0.3, -0.25) is 0 Å². The lowest BCUT2D eigenvalue weighted by Crippen LogP contribution is -2.24. The van der Waals surface area contributed by atoms with Crippen LogP contribution < -0.4 is 4.90 Å². The molecule has 2 N–H and O–H groups in total. The van der Waals surface area contributed by atoms with Crippen molar-refractivity contribution in [1.82, 2.24) is 0 Å². The minimum Gasteiger partial charge on any atom is -0.478 e. The molecule has 3 aromatic carbocycles. The molecule has 0 spiro atoms. The average molecular weight is 379 g/mol. The summed E-state index contributed by atoms with van der Waals surface area (Å²) in [5.74, 6) is -3.78. The summed E-state index contributed by atoms with van der Waals surface area (Å²) in [4.78, 5) is 24.5. The highest BCUT2D eigenvalue weighted by Crippen LogP contribution is 2.28. The van der Waals surface area contributed by atoms with Crippen molar-refractivity contribution in [1.29, 1.82) is 0 Å². The number of hydrogen-bond acceptors (Lipinski definition) is 3. The molecule has 0 aliphatic carbocycles. The number of anilines is 1. The summed E-state index contributed by atoms with van der Waals surface area (Å²) in [6.45, 7) is 0.573. The maximum atomic E-state index is 15.0. The molecule has 3 rings (SSSR count). The first-order valence-electron chi connectivity index (χ1n) is 8.58. The minimum atomic E-state index is -1.51. The Balaban J connectivity index is 2.10. The highest BCUT2D eigenvalue weighted by Gasteiger charge is 2.23. The monoisotopic (exact) mass is 379 g/mol. The first-order valence-corrected chi connectivity index (χ1v) is 8.58. The van der Waals surface area contributed by atoms with Gasteiger partial charge in [-0.15, -0.1) is 0 Å². The SMILES string of the molecule is O=C(O)c1cc(C(=O)O)c(F)c(N(Cc2ccccc2)Cc2ccccc2)c1. The fourth-order valence-corrected chi connectivity index (χ4v) is 2.95. The van der Waals surface area contributed by atoms with Gasteiger partial charge in [0.05, 0.1) is 16.8 Å². The molecule has 0 unspecified atom stereocenters. The van der Waals surface area contributed by atoms with Crippen molar-refractivity contribution >= 4 is 17.6 Å². The smallest absolute Gasteiger partial charge is 0.338 e. The maximum Gasteiger partial charge on any atom is 0.338 e. The lowest BCUT2D eigenvalue weighted by atomic mass is 10.1. The summed E-state index contributed by atoms with van der Waals surface area (Å²) >= 11 is 0. The number of nitrogens with zero attached hydrogens (tertiary/aromatic N) is 1. The normalized spacial score (nSPS) is 10.5. The Hall–Kier alpha value is -3.67. The van der Waals surface area contributed by atoms with E-state index in [2.05, 4.69) is 0 Å². The first kappa shape index (κ1) is 19.1. The molecule has 28 heavy (non-hydrogen) atoms. The topological polar surface area (TPSA) is 77.8 Å². The van der Waals surface area contributed by atoms with Crippen LogP contribution in [-0.4, -0.2) is 22.2 Å². The van der Waals surface area contributed by atoms with E-state index in [0.29, 0.717) is 0 Å². The van der Waals surface area contributed by atoms with Gasteiger partial charge >= 0.3 is 11.9 Å². The molecule has 5 nitrogen and oxygen atoms in total. The Morgan fingerprint density at radius 1 is 0.786 bits per heavy atom. The van der Waals surface area contributed by atoms with Crippen LogP contribution in [0.3, 0.4) is 0 Å². The summed E-state index contributed by atoms with van der Waals surface area (Å²) in [5, 5.41) is 18.6. The van der Waals surface area contributed by atoms with Crippen LogP contribution in [0, 0.1) is 5.82 Å². The molecule has 0 fully saturated rings. The third-order valence-electron chi connectivity index (χ3n) is 4.30. The molecule has 6 heteroatoms. The van der Waals surface area contributed by atoms with Gasteiger partial charge in [-0.1, -0.05) is 60.7 Å². The van der Waals surface area contributed by atoms with Gasteiger partial charge in [-0.05, 0) is 23.3 Å². The highest BCUT2D eigenvalue weighted by molar-refractivity contribution is 5.96. The Morgan fingerprint density at radius 3 is 1.71 bits per heavy atom. The van der Waals surface area contributed by atoms with Crippen LogP contribution in [0.4, 0.5) is 10.1 Å². The average Bonchev–Trinajstić information content (AvgIpc) is 2.69. The fraction of sp³-hybridized carbons (Fsp3) is 0.0909. The Bertz CT molecular complexity index is 949. The lowest BCUT2D eigenvalue weighted by molar-refractivity contribution is 0.0692. The van der Waals surface area contributed by atoms with Crippen LogP contribution >= 0.6 is 0 Å². The van der Waals surface area contributed by atoms with E-state index in [0.717, 1.165) is 17.2 Å². The molecular formula is C22H18FNO4. The van der Waals surface area contributed by atoms with E-state index in [4.69, 9.17) is 0 Å². The van der Waals surface area contributed by atoms with Gasteiger partial charge in [-0.25, -0.2) is 14.0 Å².